The van der Waals surface area contributed by atoms with E-state index in [0.29, 0.717) is 31.0 Å². The van der Waals surface area contributed by atoms with Crippen molar-refractivity contribution < 1.29 is 14.7 Å². The molecular weight excluding hydrogens is 172 g/mol. The Labute approximate surface area is 75.4 Å². The van der Waals surface area contributed by atoms with E-state index < -0.39 is 0 Å². The van der Waals surface area contributed by atoms with Gasteiger partial charge >= 0.3 is 0 Å². The lowest BCUT2D eigenvalue weighted by atomic mass is 9.82. The standard InChI is InChI=1S/C8H12N2O3/c11-2-1-7-9-8(13-10-7)5-3-6(12)4-5/h5-6,11-12H,1-4H2. The van der Waals surface area contributed by atoms with Crippen molar-refractivity contribution in [1.29, 1.82) is 0 Å². The van der Waals surface area contributed by atoms with Crippen LogP contribution in [0.3, 0.4) is 0 Å². The van der Waals surface area contributed by atoms with Crippen LogP contribution in [0.5, 0.6) is 0 Å². The first-order valence-electron chi connectivity index (χ1n) is 4.41. The van der Waals surface area contributed by atoms with Gasteiger partial charge in [0.1, 0.15) is 0 Å². The Morgan fingerprint density at radius 3 is 2.85 bits per heavy atom. The second-order valence-electron chi connectivity index (χ2n) is 3.34. The largest absolute Gasteiger partial charge is 0.396 e. The summed E-state index contributed by atoms with van der Waals surface area (Å²) in [7, 11) is 0. The third kappa shape index (κ3) is 1.71. The highest BCUT2D eigenvalue weighted by molar-refractivity contribution is 5.01. The summed E-state index contributed by atoms with van der Waals surface area (Å²) >= 11 is 0. The molecular formula is C8H12N2O3. The zero-order valence-corrected chi connectivity index (χ0v) is 7.18. The van der Waals surface area contributed by atoms with Crippen molar-refractivity contribution in [2.75, 3.05) is 6.61 Å². The van der Waals surface area contributed by atoms with E-state index in [-0.39, 0.29) is 18.6 Å². The van der Waals surface area contributed by atoms with E-state index in [1.807, 2.05) is 0 Å². The molecule has 0 spiro atoms. The molecule has 0 atom stereocenters. The second-order valence-corrected chi connectivity index (χ2v) is 3.34. The average molecular weight is 184 g/mol. The lowest BCUT2D eigenvalue weighted by Crippen LogP contribution is -2.26. The van der Waals surface area contributed by atoms with E-state index in [9.17, 15) is 0 Å². The van der Waals surface area contributed by atoms with Gasteiger partial charge in [-0.2, -0.15) is 4.98 Å². The van der Waals surface area contributed by atoms with Crippen molar-refractivity contribution in [2.24, 2.45) is 0 Å². The van der Waals surface area contributed by atoms with Crippen LogP contribution in [0.1, 0.15) is 30.5 Å². The van der Waals surface area contributed by atoms with Crippen LogP contribution in [-0.4, -0.2) is 33.1 Å². The SMILES string of the molecule is OCCc1noc(C2CC(O)C2)n1. The molecule has 5 heteroatoms. The van der Waals surface area contributed by atoms with Crippen LogP contribution < -0.4 is 0 Å². The Hall–Kier alpha value is -0.940. The molecule has 1 aromatic heterocycles. The Kier molecular flexibility index (Phi) is 2.28. The van der Waals surface area contributed by atoms with Crippen molar-refractivity contribution in [2.45, 2.75) is 31.3 Å². The monoisotopic (exact) mass is 184 g/mol. The van der Waals surface area contributed by atoms with Gasteiger partial charge in [-0.1, -0.05) is 5.16 Å². The summed E-state index contributed by atoms with van der Waals surface area (Å²) < 4.78 is 4.99. The smallest absolute Gasteiger partial charge is 0.229 e. The maximum atomic E-state index is 9.06. The van der Waals surface area contributed by atoms with Crippen LogP contribution in [0.4, 0.5) is 0 Å². The third-order valence-electron chi connectivity index (χ3n) is 2.28. The number of aromatic nitrogens is 2. The van der Waals surface area contributed by atoms with Crippen molar-refractivity contribution in [3.05, 3.63) is 11.7 Å². The van der Waals surface area contributed by atoms with Gasteiger partial charge in [-0.25, -0.2) is 0 Å². The fraction of sp³-hybridized carbons (Fsp3) is 0.750. The van der Waals surface area contributed by atoms with E-state index >= 15 is 0 Å². The molecule has 2 N–H and O–H groups in total. The van der Waals surface area contributed by atoms with Crippen LogP contribution in [0.25, 0.3) is 0 Å². The van der Waals surface area contributed by atoms with Crippen molar-refractivity contribution >= 4 is 0 Å². The molecule has 0 bridgehead atoms. The average Bonchev–Trinajstić information content (AvgIpc) is 2.48. The first kappa shape index (κ1) is 8.65. The molecule has 13 heavy (non-hydrogen) atoms. The summed E-state index contributed by atoms with van der Waals surface area (Å²) in [5.74, 6) is 1.35. The number of hydrogen-bond acceptors (Lipinski definition) is 5. The van der Waals surface area contributed by atoms with Gasteiger partial charge in [0.05, 0.1) is 12.7 Å². The van der Waals surface area contributed by atoms with Crippen molar-refractivity contribution in [3.8, 4) is 0 Å². The van der Waals surface area contributed by atoms with E-state index in [0.717, 1.165) is 0 Å². The molecule has 0 amide bonds. The fourth-order valence-electron chi connectivity index (χ4n) is 1.42. The Bertz CT molecular complexity index is 281. The van der Waals surface area contributed by atoms with Gasteiger partial charge < -0.3 is 14.7 Å². The van der Waals surface area contributed by atoms with Gasteiger partial charge in [0.2, 0.25) is 5.89 Å². The molecule has 1 aromatic rings. The van der Waals surface area contributed by atoms with Crippen LogP contribution in [0, 0.1) is 0 Å². The van der Waals surface area contributed by atoms with Gasteiger partial charge in [-0.3, -0.25) is 0 Å². The highest BCUT2D eigenvalue weighted by atomic mass is 16.5. The quantitative estimate of drug-likeness (QED) is 0.682. The highest BCUT2D eigenvalue weighted by Crippen LogP contribution is 2.35. The summed E-state index contributed by atoms with van der Waals surface area (Å²) in [4.78, 5) is 4.11. The number of hydrogen-bond donors (Lipinski definition) is 2. The zero-order valence-electron chi connectivity index (χ0n) is 7.18. The third-order valence-corrected chi connectivity index (χ3v) is 2.28. The minimum atomic E-state index is -0.210. The van der Waals surface area contributed by atoms with E-state index in [2.05, 4.69) is 10.1 Å². The molecule has 0 saturated heterocycles. The molecule has 1 aliphatic carbocycles. The maximum absolute atomic E-state index is 9.06. The van der Waals surface area contributed by atoms with Crippen LogP contribution >= 0.6 is 0 Å². The summed E-state index contributed by atoms with van der Waals surface area (Å²) in [6, 6.07) is 0. The topological polar surface area (TPSA) is 79.4 Å². The summed E-state index contributed by atoms with van der Waals surface area (Å²) in [5.41, 5.74) is 0. The molecule has 1 saturated carbocycles. The summed E-state index contributed by atoms with van der Waals surface area (Å²) in [5, 5.41) is 21.4. The lowest BCUT2D eigenvalue weighted by Gasteiger charge is -2.27. The molecule has 2 rings (SSSR count). The van der Waals surface area contributed by atoms with E-state index in [1.54, 1.807) is 0 Å². The maximum Gasteiger partial charge on any atom is 0.229 e. The molecule has 0 aliphatic heterocycles. The van der Waals surface area contributed by atoms with Gasteiger partial charge in [0.25, 0.3) is 0 Å². The molecule has 5 nitrogen and oxygen atoms in total. The predicted octanol–water partition coefficient (Wildman–Crippen LogP) is -0.157. The summed E-state index contributed by atoms with van der Waals surface area (Å²) in [6.07, 6.45) is 1.64. The number of rotatable bonds is 3. The lowest BCUT2D eigenvalue weighted by molar-refractivity contribution is 0.0625. The second kappa shape index (κ2) is 3.43. The molecule has 0 unspecified atom stereocenters. The fourth-order valence-corrected chi connectivity index (χ4v) is 1.42. The Morgan fingerprint density at radius 1 is 1.46 bits per heavy atom. The number of aliphatic hydroxyl groups excluding tert-OH is 2. The Morgan fingerprint density at radius 2 is 2.23 bits per heavy atom. The van der Waals surface area contributed by atoms with Crippen molar-refractivity contribution in [3.63, 3.8) is 0 Å². The number of nitrogens with zero attached hydrogens (tertiary/aromatic N) is 2. The highest BCUT2D eigenvalue weighted by Gasteiger charge is 2.32. The molecule has 0 radical (unpaired) electrons. The van der Waals surface area contributed by atoms with Gasteiger partial charge in [-0.05, 0) is 12.8 Å². The van der Waals surface area contributed by atoms with Gasteiger partial charge in [-0.15, -0.1) is 0 Å². The van der Waals surface area contributed by atoms with Crippen LogP contribution in [0.2, 0.25) is 0 Å². The van der Waals surface area contributed by atoms with E-state index in [4.69, 9.17) is 14.7 Å². The number of aliphatic hydroxyl groups is 2. The van der Waals surface area contributed by atoms with Crippen LogP contribution in [-0.2, 0) is 6.42 Å². The van der Waals surface area contributed by atoms with Crippen molar-refractivity contribution in [1.82, 2.24) is 10.1 Å². The van der Waals surface area contributed by atoms with Gasteiger partial charge in [0, 0.05) is 12.3 Å². The first-order chi connectivity index (χ1) is 6.29. The Balaban J connectivity index is 1.97. The predicted molar refractivity (Wildman–Crippen MR) is 43.1 cm³/mol. The first-order valence-corrected chi connectivity index (χ1v) is 4.41. The van der Waals surface area contributed by atoms with E-state index in [1.165, 1.54) is 0 Å². The normalized spacial score (nSPS) is 27.2. The van der Waals surface area contributed by atoms with Gasteiger partial charge in [0.15, 0.2) is 5.82 Å². The van der Waals surface area contributed by atoms with Crippen LogP contribution in [0.15, 0.2) is 4.52 Å². The minimum absolute atomic E-state index is 0.0340. The zero-order chi connectivity index (χ0) is 9.26. The molecule has 1 aliphatic rings. The molecule has 1 fully saturated rings. The molecule has 1 heterocycles. The molecule has 0 aromatic carbocycles. The molecule has 72 valence electrons. The summed E-state index contributed by atoms with van der Waals surface area (Å²) in [6.45, 7) is 0.0340. The minimum Gasteiger partial charge on any atom is -0.396 e.